The van der Waals surface area contributed by atoms with Crippen molar-refractivity contribution in [2.24, 2.45) is 0 Å². The molecule has 1 fully saturated rings. The van der Waals surface area contributed by atoms with Crippen LogP contribution in [0.15, 0.2) is 0 Å². The maximum atomic E-state index is 9.30. The quantitative estimate of drug-likeness (QED) is 0.601. The van der Waals surface area contributed by atoms with Crippen LogP contribution in [-0.4, -0.2) is 22.9 Å². The van der Waals surface area contributed by atoms with Crippen molar-refractivity contribution in [3.63, 3.8) is 0 Å². The van der Waals surface area contributed by atoms with Gasteiger partial charge >= 0.3 is 0 Å². The normalized spacial score (nSPS) is 43.8. The van der Waals surface area contributed by atoms with Crippen LogP contribution in [0.5, 0.6) is 0 Å². The number of hydrogen-bond acceptors (Lipinski definition) is 2. The third-order valence-corrected chi connectivity index (χ3v) is 2.40. The zero-order valence-corrected chi connectivity index (χ0v) is 6.92. The highest BCUT2D eigenvalue weighted by molar-refractivity contribution is 4.87. The van der Waals surface area contributed by atoms with Gasteiger partial charge in [-0.25, -0.2) is 0 Å². The first-order valence-corrected chi connectivity index (χ1v) is 3.90. The third kappa shape index (κ3) is 1.32. The van der Waals surface area contributed by atoms with E-state index in [-0.39, 0.29) is 11.7 Å². The molecule has 0 saturated carbocycles. The minimum absolute atomic E-state index is 0.278. The van der Waals surface area contributed by atoms with Gasteiger partial charge in [0.05, 0.1) is 17.8 Å². The van der Waals surface area contributed by atoms with Crippen LogP contribution >= 0.6 is 0 Å². The van der Waals surface area contributed by atoms with E-state index in [4.69, 9.17) is 4.74 Å². The van der Waals surface area contributed by atoms with E-state index in [1.54, 1.807) is 6.92 Å². The summed E-state index contributed by atoms with van der Waals surface area (Å²) in [5.74, 6) is 0. The summed E-state index contributed by atoms with van der Waals surface area (Å²) in [6, 6.07) is 0. The molecule has 0 aromatic heterocycles. The summed E-state index contributed by atoms with van der Waals surface area (Å²) in [6.45, 7) is 5.81. The van der Waals surface area contributed by atoms with Gasteiger partial charge in [-0.05, 0) is 33.6 Å². The second-order valence-electron chi connectivity index (χ2n) is 3.46. The molecule has 0 aromatic carbocycles. The van der Waals surface area contributed by atoms with Crippen LogP contribution in [0.2, 0.25) is 0 Å². The Morgan fingerprint density at radius 1 is 1.70 bits per heavy atom. The van der Waals surface area contributed by atoms with Crippen molar-refractivity contribution in [1.82, 2.24) is 0 Å². The number of ether oxygens (including phenoxy) is 1. The molecule has 0 bridgehead atoms. The summed E-state index contributed by atoms with van der Waals surface area (Å²) in [7, 11) is 0. The van der Waals surface area contributed by atoms with Gasteiger partial charge < -0.3 is 9.84 Å². The van der Waals surface area contributed by atoms with Gasteiger partial charge in [0.1, 0.15) is 0 Å². The molecule has 3 atom stereocenters. The lowest BCUT2D eigenvalue weighted by atomic mass is 9.97. The van der Waals surface area contributed by atoms with Gasteiger partial charge in [-0.3, -0.25) is 0 Å². The fourth-order valence-corrected chi connectivity index (χ4v) is 1.37. The summed E-state index contributed by atoms with van der Waals surface area (Å²) in [4.78, 5) is 0. The van der Waals surface area contributed by atoms with Crippen LogP contribution in [0.25, 0.3) is 0 Å². The van der Waals surface area contributed by atoms with Gasteiger partial charge in [-0.15, -0.1) is 0 Å². The van der Waals surface area contributed by atoms with E-state index in [9.17, 15) is 5.11 Å². The Balaban J connectivity index is 2.54. The fraction of sp³-hybridized carbons (Fsp3) is 1.00. The zero-order valence-electron chi connectivity index (χ0n) is 6.92. The molecule has 0 radical (unpaired) electrons. The topological polar surface area (TPSA) is 29.5 Å². The number of aliphatic hydroxyl groups excluding tert-OH is 1. The van der Waals surface area contributed by atoms with Gasteiger partial charge in [0.2, 0.25) is 0 Å². The molecule has 2 nitrogen and oxygen atoms in total. The highest BCUT2D eigenvalue weighted by atomic mass is 16.5. The van der Waals surface area contributed by atoms with E-state index in [1.165, 1.54) is 0 Å². The number of rotatable bonds is 1. The van der Waals surface area contributed by atoms with Crippen molar-refractivity contribution < 1.29 is 9.84 Å². The average Bonchev–Trinajstić information content (AvgIpc) is 2.13. The highest BCUT2D eigenvalue weighted by Gasteiger charge is 2.37. The predicted octanol–water partition coefficient (Wildman–Crippen LogP) is 1.32. The minimum atomic E-state index is -0.350. The smallest absolute Gasteiger partial charge is 0.0914 e. The van der Waals surface area contributed by atoms with Crippen molar-refractivity contribution in [1.29, 1.82) is 0 Å². The molecule has 1 rings (SSSR count). The van der Waals surface area contributed by atoms with Crippen LogP contribution < -0.4 is 0 Å². The van der Waals surface area contributed by atoms with Crippen molar-refractivity contribution in [2.75, 3.05) is 0 Å². The van der Waals surface area contributed by atoms with E-state index in [0.29, 0.717) is 6.10 Å². The van der Waals surface area contributed by atoms with Crippen molar-refractivity contribution in [3.8, 4) is 0 Å². The summed E-state index contributed by atoms with van der Waals surface area (Å²) in [5.41, 5.74) is -0.278. The lowest BCUT2D eigenvalue weighted by Gasteiger charge is -2.27. The summed E-state index contributed by atoms with van der Waals surface area (Å²) in [6.07, 6.45) is 2.02. The lowest BCUT2D eigenvalue weighted by molar-refractivity contribution is -0.0929. The van der Waals surface area contributed by atoms with E-state index in [2.05, 4.69) is 0 Å². The first-order chi connectivity index (χ1) is 4.54. The molecule has 2 heteroatoms. The van der Waals surface area contributed by atoms with Gasteiger partial charge in [0, 0.05) is 0 Å². The van der Waals surface area contributed by atoms with E-state index in [0.717, 1.165) is 12.8 Å². The van der Waals surface area contributed by atoms with Crippen molar-refractivity contribution in [2.45, 2.75) is 51.4 Å². The van der Waals surface area contributed by atoms with Crippen LogP contribution in [0.4, 0.5) is 0 Å². The van der Waals surface area contributed by atoms with Crippen molar-refractivity contribution >= 4 is 0 Å². The van der Waals surface area contributed by atoms with Gasteiger partial charge in [0.15, 0.2) is 0 Å². The molecule has 1 saturated heterocycles. The molecule has 1 aliphatic heterocycles. The Hall–Kier alpha value is -0.0800. The average molecular weight is 144 g/mol. The van der Waals surface area contributed by atoms with Gasteiger partial charge in [-0.2, -0.15) is 0 Å². The number of aliphatic hydroxyl groups is 1. The molecule has 10 heavy (non-hydrogen) atoms. The first kappa shape index (κ1) is 8.02. The van der Waals surface area contributed by atoms with Crippen LogP contribution in [0.1, 0.15) is 33.6 Å². The second-order valence-corrected chi connectivity index (χ2v) is 3.46. The Morgan fingerprint density at radius 2 is 2.30 bits per heavy atom. The van der Waals surface area contributed by atoms with E-state index in [1.807, 2.05) is 13.8 Å². The van der Waals surface area contributed by atoms with Gasteiger partial charge in [0.25, 0.3) is 0 Å². The predicted molar refractivity (Wildman–Crippen MR) is 39.9 cm³/mol. The third-order valence-electron chi connectivity index (χ3n) is 2.40. The van der Waals surface area contributed by atoms with E-state index < -0.39 is 0 Å². The molecular formula is C8H16O2. The Bertz CT molecular complexity index is 122. The Labute approximate surface area is 62.2 Å². The highest BCUT2D eigenvalue weighted by Crippen LogP contribution is 2.32. The molecule has 1 heterocycles. The lowest BCUT2D eigenvalue weighted by Crippen LogP contribution is -2.36. The second kappa shape index (κ2) is 2.51. The Kier molecular flexibility index (Phi) is 2.02. The molecule has 0 aliphatic carbocycles. The molecule has 1 aliphatic rings. The largest absolute Gasteiger partial charge is 0.390 e. The molecule has 0 unspecified atom stereocenters. The van der Waals surface area contributed by atoms with Crippen LogP contribution in [0.3, 0.4) is 0 Å². The molecule has 60 valence electrons. The van der Waals surface area contributed by atoms with Crippen molar-refractivity contribution in [3.05, 3.63) is 0 Å². The number of hydrogen-bond donors (Lipinski definition) is 1. The summed E-state index contributed by atoms with van der Waals surface area (Å²) in [5, 5.41) is 9.30. The Morgan fingerprint density at radius 3 is 2.50 bits per heavy atom. The molecule has 0 spiro atoms. The van der Waals surface area contributed by atoms with Gasteiger partial charge in [-0.1, -0.05) is 0 Å². The van der Waals surface area contributed by atoms with Crippen LogP contribution in [0, 0.1) is 0 Å². The fourth-order valence-electron chi connectivity index (χ4n) is 1.37. The standard InChI is InChI=1S/C8H16O2/c1-6-4-5-8(3,10-6)7(2)9/h6-7,9H,4-5H2,1-3H3/t6-,7-,8-/m0/s1. The molecule has 0 aromatic rings. The maximum absolute atomic E-state index is 9.30. The van der Waals surface area contributed by atoms with Crippen LogP contribution in [-0.2, 0) is 4.74 Å². The maximum Gasteiger partial charge on any atom is 0.0914 e. The SMILES string of the molecule is C[C@H](O)[C@]1(C)CC[C@H](C)O1. The molecular weight excluding hydrogens is 128 g/mol. The van der Waals surface area contributed by atoms with E-state index >= 15 is 0 Å². The summed E-state index contributed by atoms with van der Waals surface area (Å²) >= 11 is 0. The monoisotopic (exact) mass is 144 g/mol. The molecule has 1 N–H and O–H groups in total. The zero-order chi connectivity index (χ0) is 7.78. The first-order valence-electron chi connectivity index (χ1n) is 3.90. The minimum Gasteiger partial charge on any atom is -0.390 e. The summed E-state index contributed by atoms with van der Waals surface area (Å²) < 4.78 is 5.56. The molecule has 0 amide bonds.